The minimum Gasteiger partial charge on any atom is -0.480 e. The van der Waals surface area contributed by atoms with Crippen LogP contribution in [0, 0.1) is 28.5 Å². The molecule has 17 amide bonds. The predicted octanol–water partition coefficient (Wildman–Crippen LogP) is -2.37. The number of allylic oxidation sites excluding steroid dienone is 4. The van der Waals surface area contributed by atoms with Gasteiger partial charge in [0.1, 0.15) is 43.3 Å². The molecule has 0 bridgehead atoms. The maximum Gasteiger partial charge on any atom is 0.341 e. The van der Waals surface area contributed by atoms with Crippen LogP contribution in [-0.2, 0) is 102 Å². The summed E-state index contributed by atoms with van der Waals surface area (Å²) in [6.07, 6.45) is -2.49. The monoisotopic (exact) mass is 1710 g/mol. The van der Waals surface area contributed by atoms with Gasteiger partial charge in [0.15, 0.2) is 23.3 Å². The van der Waals surface area contributed by atoms with E-state index in [9.17, 15) is 101 Å². The molecule has 12 atom stereocenters. The van der Waals surface area contributed by atoms with E-state index in [1.54, 1.807) is 6.92 Å². The van der Waals surface area contributed by atoms with E-state index >= 15 is 8.78 Å². The number of fused-ring (bicyclic) bond motifs is 7. The summed E-state index contributed by atoms with van der Waals surface area (Å²) in [4.78, 5) is 259. The Morgan fingerprint density at radius 2 is 1.07 bits per heavy atom. The number of halogens is 3. The lowest BCUT2D eigenvalue weighted by molar-refractivity contribution is -0.241. The number of esters is 1. The molecule has 6 N–H and O–H groups in total. The van der Waals surface area contributed by atoms with Crippen molar-refractivity contribution >= 4 is 118 Å². The zero-order valence-electron chi connectivity index (χ0n) is 70.0. The van der Waals surface area contributed by atoms with Crippen molar-refractivity contribution in [1.29, 1.82) is 0 Å². The summed E-state index contributed by atoms with van der Waals surface area (Å²) >= 11 is 0. The lowest BCUT2D eigenvalue weighted by Gasteiger charge is -2.62. The average Bonchev–Trinajstić information content (AvgIpc) is 1.45. The Kier molecular flexibility index (Phi) is 30.4. The lowest BCUT2D eigenvalue weighted by Crippen LogP contribution is -2.70. The fourth-order valence-electron chi connectivity index (χ4n) is 15.8. The van der Waals surface area contributed by atoms with E-state index in [1.165, 1.54) is 134 Å². The standard InChI is InChI=1S/C80H102F3N15O24/c1-44(71(115)84-26-27-120-75(118)80-57(121-74(122-80)47-16-15-17-48(81)28-47)32-52-53-31-55(82)54-30-50(99)24-25-77(54,3)79(53,83)56(100)33-78(52,80)4)85-72(116)45(2)86-76(119)87-58(101)21-19-46-18-20-49(98-59(102)22-23-60(98)103)29-51(46)73(117)97(14)42-69(112)95(12)40-67(110)93(10)38-65(108)91(8)36-63(106)89(6)34-61(104)88(5)35-62(105)90(7)37-64(107)92(9)39-66(109)94(11)41-68(111)96(13)43-70(113)114/h15-18,20,22-25,28-30,44-45,52-53,55-57,74,100H,19,21,26-27,31-43H2,1-14H3,(H,84,115)(H,85,116)(H,113,114)(H2,86,87,101,119)/t44-,45-,52-,53-,55-,56-,57?,74+,77-,78-,79-,80-/m0/s1. The molecule has 1 saturated heterocycles. The minimum atomic E-state index is -2.52. The lowest BCUT2D eigenvalue weighted by atomic mass is 9.44. The molecule has 2 heterocycles. The van der Waals surface area contributed by atoms with E-state index in [0.717, 1.165) is 84.3 Å². The second kappa shape index (κ2) is 39.0. The number of carboxylic acid groups (broad SMARTS) is 1. The summed E-state index contributed by atoms with van der Waals surface area (Å²) < 4.78 is 67.7. The van der Waals surface area contributed by atoms with E-state index in [2.05, 4.69) is 21.3 Å². The van der Waals surface area contributed by atoms with Gasteiger partial charge in [-0.1, -0.05) is 31.2 Å². The number of amides is 17. The molecular formula is C80H102F3N15O24. The molecule has 3 saturated carbocycles. The van der Waals surface area contributed by atoms with Gasteiger partial charge in [-0.05, 0) is 99.9 Å². The number of aliphatic carboxylic acids is 1. The molecule has 39 nitrogen and oxygen atoms in total. The highest BCUT2D eigenvalue weighted by atomic mass is 19.1. The third kappa shape index (κ3) is 21.0. The Bertz CT molecular complexity index is 4640. The minimum absolute atomic E-state index is 0.0694. The molecule has 6 aliphatic rings. The van der Waals surface area contributed by atoms with Crippen LogP contribution in [-0.4, -0.2) is 362 Å². The molecule has 2 aliphatic heterocycles. The van der Waals surface area contributed by atoms with Crippen LogP contribution in [0.15, 0.2) is 78.4 Å². The molecule has 0 aromatic heterocycles. The van der Waals surface area contributed by atoms with Gasteiger partial charge in [0.2, 0.25) is 70.9 Å². The molecular weight excluding hydrogens is 1610 g/mol. The topological polar surface area (TPSA) is 476 Å². The van der Waals surface area contributed by atoms with Crippen LogP contribution in [0.2, 0.25) is 0 Å². The number of urea groups is 1. The number of nitrogens with one attached hydrogen (secondary N) is 4. The molecule has 2 aromatic carbocycles. The van der Waals surface area contributed by atoms with E-state index in [0.29, 0.717) is 0 Å². The Balaban J connectivity index is 0.767. The molecule has 0 radical (unpaired) electrons. The first-order valence-electron chi connectivity index (χ1n) is 38.7. The highest BCUT2D eigenvalue weighted by Crippen LogP contribution is 2.73. The van der Waals surface area contributed by atoms with Crippen LogP contribution < -0.4 is 26.2 Å². The normalized spacial score (nSPS) is 23.1. The van der Waals surface area contributed by atoms with Gasteiger partial charge in [0.25, 0.3) is 17.7 Å². The van der Waals surface area contributed by atoms with Crippen molar-refractivity contribution in [2.24, 2.45) is 22.7 Å². The number of ether oxygens (including phenoxy) is 3. The van der Waals surface area contributed by atoms with Crippen LogP contribution in [0.4, 0.5) is 23.7 Å². The SMILES string of the molecule is C[C@H](NC(=O)NC(=O)CCc1ccc(N2C(=O)C=CC2=O)cc1C(=O)N(C)CC(=O)N(C)CC(=O)N(C)CC(=O)N(C)CC(=O)N(C)CC(=O)N(C)CC(=O)N(C)CC(=O)N(C)CC(=O)N(C)CC(=O)N(C)CC(=O)O)C(=O)N[C@@H](C)C(=O)NCCOC(=O)[C@@]12O[C@H](c3cccc(F)c3)OC1C[C@H]1[C@@H]3C[C@H](F)C4=CC(=O)C=C[C@]4(C)[C@@]3(F)[C@@H](O)C[C@@]12C. The van der Waals surface area contributed by atoms with Gasteiger partial charge in [-0.25, -0.2) is 27.7 Å². The second-order valence-electron chi connectivity index (χ2n) is 31.9. The number of hydrogen-bond acceptors (Lipinski definition) is 23. The van der Waals surface area contributed by atoms with E-state index in [4.69, 9.17) is 19.3 Å². The number of nitrogens with zero attached hydrogens (tertiary/aromatic N) is 11. The van der Waals surface area contributed by atoms with Gasteiger partial charge < -0.3 is 89.4 Å². The molecule has 122 heavy (non-hydrogen) atoms. The van der Waals surface area contributed by atoms with E-state index < -0.39 is 280 Å². The van der Waals surface area contributed by atoms with Crippen LogP contribution in [0.3, 0.4) is 0 Å². The Hall–Kier alpha value is -12.3. The maximum atomic E-state index is 18.1. The highest BCUT2D eigenvalue weighted by molar-refractivity contribution is 6.28. The molecule has 662 valence electrons. The molecule has 2 aromatic rings. The van der Waals surface area contributed by atoms with Crippen LogP contribution in [0.1, 0.15) is 81.2 Å². The highest BCUT2D eigenvalue weighted by Gasteiger charge is 2.81. The summed E-state index contributed by atoms with van der Waals surface area (Å²) in [5, 5.41) is 30.2. The van der Waals surface area contributed by atoms with Gasteiger partial charge in [0, 0.05) is 117 Å². The number of anilines is 1. The van der Waals surface area contributed by atoms with Gasteiger partial charge >= 0.3 is 18.0 Å². The van der Waals surface area contributed by atoms with Crippen molar-refractivity contribution < 1.29 is 129 Å². The summed E-state index contributed by atoms with van der Waals surface area (Å²) in [6, 6.07) is 5.18. The number of benzene rings is 2. The van der Waals surface area contributed by atoms with Gasteiger partial charge in [0.05, 0.1) is 77.2 Å². The fraction of sp³-hybridized carbons (Fsp3) is 0.537. The summed E-state index contributed by atoms with van der Waals surface area (Å²) in [7, 11) is 12.6. The Labute approximate surface area is 699 Å². The maximum absolute atomic E-state index is 18.1. The van der Waals surface area contributed by atoms with Crippen molar-refractivity contribution in [3.8, 4) is 0 Å². The van der Waals surface area contributed by atoms with Crippen molar-refractivity contribution in [1.82, 2.24) is 70.3 Å². The van der Waals surface area contributed by atoms with Gasteiger partial charge in [-0.3, -0.25) is 86.8 Å². The first-order chi connectivity index (χ1) is 57.0. The zero-order valence-corrected chi connectivity index (χ0v) is 70.0. The van der Waals surface area contributed by atoms with Crippen LogP contribution >= 0.6 is 0 Å². The number of carbonyl (C=O) groups is 19. The number of carbonyl (C=O) groups excluding carboxylic acids is 18. The molecule has 8 rings (SSSR count). The largest absolute Gasteiger partial charge is 0.480 e. The molecule has 0 spiro atoms. The first-order valence-corrected chi connectivity index (χ1v) is 38.7. The quantitative estimate of drug-likeness (QED) is 0.0242. The fourth-order valence-corrected chi connectivity index (χ4v) is 15.8. The third-order valence-electron chi connectivity index (χ3n) is 23.1. The number of aryl methyl sites for hydroxylation is 1. The van der Waals surface area contributed by atoms with Gasteiger partial charge in [-0.2, -0.15) is 0 Å². The molecule has 4 fully saturated rings. The first kappa shape index (κ1) is 95.1. The van der Waals surface area contributed by atoms with E-state index in [1.807, 2.05) is 0 Å². The zero-order chi connectivity index (χ0) is 90.9. The Morgan fingerprint density at radius 1 is 0.598 bits per heavy atom. The number of imide groups is 2. The number of aliphatic hydroxyl groups excluding tert-OH is 1. The van der Waals surface area contributed by atoms with Crippen molar-refractivity contribution in [2.45, 2.75) is 108 Å². The van der Waals surface area contributed by atoms with Gasteiger partial charge in [-0.15, -0.1) is 0 Å². The summed E-state index contributed by atoms with van der Waals surface area (Å²) in [5.74, 6) is -17.0. The number of ketones is 1. The number of carboxylic acids is 1. The van der Waals surface area contributed by atoms with Crippen molar-refractivity contribution in [2.75, 3.05) is 154 Å². The summed E-state index contributed by atoms with van der Waals surface area (Å²) in [5.41, 5.74) is -7.96. The average molecular weight is 1710 g/mol. The number of hydrogen-bond donors (Lipinski definition) is 6. The Morgan fingerprint density at radius 3 is 1.54 bits per heavy atom. The number of aliphatic hydroxyl groups is 1. The van der Waals surface area contributed by atoms with Crippen molar-refractivity contribution in [3.63, 3.8) is 0 Å². The van der Waals surface area contributed by atoms with Crippen LogP contribution in [0.5, 0.6) is 0 Å². The van der Waals surface area contributed by atoms with Crippen molar-refractivity contribution in [3.05, 3.63) is 101 Å². The van der Waals surface area contributed by atoms with E-state index in [-0.39, 0.29) is 47.3 Å². The predicted molar refractivity (Wildman–Crippen MR) is 419 cm³/mol. The van der Waals surface area contributed by atoms with Crippen LogP contribution in [0.25, 0.3) is 0 Å². The molecule has 1 unspecified atom stereocenters. The number of likely N-dealkylation sites (N-methyl/N-ethyl adjacent to an activating group) is 10. The molecule has 4 aliphatic carbocycles. The number of rotatable bonds is 34. The second-order valence-corrected chi connectivity index (χ2v) is 31.9. The summed E-state index contributed by atoms with van der Waals surface area (Å²) in [6.45, 7) is -0.971. The molecule has 42 heteroatoms. The number of alkyl halides is 2. The smallest absolute Gasteiger partial charge is 0.341 e. The third-order valence-corrected chi connectivity index (χ3v) is 23.1.